The molecule has 0 N–H and O–H groups in total. The number of hydrogen-bond acceptors (Lipinski definition) is 3. The average molecular weight is 325 g/mol. The third-order valence-electron chi connectivity index (χ3n) is 2.98. The molecule has 2 rings (SSSR count). The van der Waals surface area contributed by atoms with Gasteiger partial charge in [-0.05, 0) is 38.0 Å². The molecule has 0 spiro atoms. The highest BCUT2D eigenvalue weighted by atomic mass is 79.9. The Labute approximate surface area is 120 Å². The van der Waals surface area contributed by atoms with E-state index in [2.05, 4.69) is 40.1 Å². The van der Waals surface area contributed by atoms with Gasteiger partial charge in [0.25, 0.3) is 0 Å². The van der Waals surface area contributed by atoms with Crippen LogP contribution in [0.25, 0.3) is 10.9 Å². The van der Waals surface area contributed by atoms with Gasteiger partial charge in [-0.25, -0.2) is 0 Å². The summed E-state index contributed by atoms with van der Waals surface area (Å²) in [5.41, 5.74) is 2.28. The van der Waals surface area contributed by atoms with Crippen LogP contribution in [0.2, 0.25) is 0 Å². The van der Waals surface area contributed by atoms with Crippen LogP contribution >= 0.6 is 15.9 Å². The largest absolute Gasteiger partial charge is 0.466 e. The third kappa shape index (κ3) is 3.35. The Bertz CT molecular complexity index is 592. The summed E-state index contributed by atoms with van der Waals surface area (Å²) < 4.78 is 7.94. The van der Waals surface area contributed by atoms with Crippen molar-refractivity contribution in [2.75, 3.05) is 6.61 Å². The summed E-state index contributed by atoms with van der Waals surface area (Å²) in [4.78, 5) is 11.3. The number of rotatable bonds is 5. The lowest BCUT2D eigenvalue weighted by atomic mass is 10.2. The average Bonchev–Trinajstić information content (AvgIpc) is 2.73. The van der Waals surface area contributed by atoms with E-state index in [1.807, 2.05) is 17.8 Å². The minimum absolute atomic E-state index is 0.141. The smallest absolute Gasteiger partial charge is 0.305 e. The molecule has 0 amide bonds. The third-order valence-corrected chi connectivity index (χ3v) is 3.83. The maximum Gasteiger partial charge on any atom is 0.305 e. The molecule has 1 aromatic carbocycles. The zero-order valence-electron chi connectivity index (χ0n) is 11.1. The highest BCUT2D eigenvalue weighted by molar-refractivity contribution is 9.10. The van der Waals surface area contributed by atoms with Crippen LogP contribution in [0.1, 0.15) is 25.3 Å². The first-order valence-corrected chi connectivity index (χ1v) is 7.18. The summed E-state index contributed by atoms with van der Waals surface area (Å²) in [6.45, 7) is 5.04. The van der Waals surface area contributed by atoms with E-state index in [1.54, 1.807) is 0 Å². The van der Waals surface area contributed by atoms with Crippen molar-refractivity contribution in [2.45, 2.75) is 33.2 Å². The second-order valence-electron chi connectivity index (χ2n) is 4.44. The fourth-order valence-corrected chi connectivity index (χ4v) is 2.35. The molecule has 0 saturated heterocycles. The monoisotopic (exact) mass is 324 g/mol. The number of esters is 1. The van der Waals surface area contributed by atoms with Crippen molar-refractivity contribution < 1.29 is 9.53 Å². The number of carbonyl (C=O) groups is 1. The Morgan fingerprint density at radius 1 is 1.47 bits per heavy atom. The van der Waals surface area contributed by atoms with Crippen LogP contribution in [0.5, 0.6) is 0 Å². The Hall–Kier alpha value is -1.36. The first-order chi connectivity index (χ1) is 9.11. The molecule has 102 valence electrons. The summed E-state index contributed by atoms with van der Waals surface area (Å²) in [5.74, 6) is -0.141. The van der Waals surface area contributed by atoms with Gasteiger partial charge in [0, 0.05) is 22.8 Å². The lowest BCUT2D eigenvalue weighted by Gasteiger charge is -2.05. The molecular formula is C14H17BrN2O2. The molecular weight excluding hydrogens is 308 g/mol. The van der Waals surface area contributed by atoms with Crippen LogP contribution < -0.4 is 0 Å². The van der Waals surface area contributed by atoms with Gasteiger partial charge in [-0.2, -0.15) is 5.10 Å². The van der Waals surface area contributed by atoms with Crippen molar-refractivity contribution in [3.8, 4) is 0 Å². The highest BCUT2D eigenvalue weighted by Crippen LogP contribution is 2.23. The number of nitrogens with zero attached hydrogens (tertiary/aromatic N) is 2. The number of halogens is 1. The van der Waals surface area contributed by atoms with Gasteiger partial charge in [0.15, 0.2) is 0 Å². The molecule has 5 heteroatoms. The molecule has 2 aromatic rings. The van der Waals surface area contributed by atoms with E-state index < -0.39 is 0 Å². The summed E-state index contributed by atoms with van der Waals surface area (Å²) in [7, 11) is 0. The Morgan fingerprint density at radius 3 is 3.00 bits per heavy atom. The maximum atomic E-state index is 11.3. The fraction of sp³-hybridized carbons (Fsp3) is 0.429. The van der Waals surface area contributed by atoms with Crippen LogP contribution in [0.15, 0.2) is 22.8 Å². The summed E-state index contributed by atoms with van der Waals surface area (Å²) in [5, 5.41) is 5.47. The van der Waals surface area contributed by atoms with Gasteiger partial charge >= 0.3 is 5.97 Å². The number of benzene rings is 1. The molecule has 1 aromatic heterocycles. The molecule has 4 nitrogen and oxygen atoms in total. The minimum Gasteiger partial charge on any atom is -0.466 e. The first kappa shape index (κ1) is 14.1. The number of aryl methyl sites for hydroxylation is 2. The molecule has 0 radical (unpaired) electrons. The molecule has 1 heterocycles. The zero-order chi connectivity index (χ0) is 13.8. The summed E-state index contributed by atoms with van der Waals surface area (Å²) in [6, 6.07) is 4.18. The quantitative estimate of drug-likeness (QED) is 0.791. The van der Waals surface area contributed by atoms with E-state index in [1.165, 1.54) is 5.56 Å². The standard InChI is InChI=1S/C14H17BrN2O2/c1-3-19-14(18)5-4-6-17-13-7-10(2)12(15)8-11(13)9-16-17/h7-9H,3-6H2,1-2H3. The van der Waals surface area contributed by atoms with Crippen LogP contribution in [0.3, 0.4) is 0 Å². The lowest BCUT2D eigenvalue weighted by molar-refractivity contribution is -0.143. The number of aromatic nitrogens is 2. The van der Waals surface area contributed by atoms with E-state index in [-0.39, 0.29) is 5.97 Å². The van der Waals surface area contributed by atoms with Crippen molar-refractivity contribution >= 4 is 32.8 Å². The van der Waals surface area contributed by atoms with Crippen molar-refractivity contribution in [2.24, 2.45) is 0 Å². The molecule has 0 atom stereocenters. The molecule has 0 saturated carbocycles. The van der Waals surface area contributed by atoms with Crippen LogP contribution in [-0.4, -0.2) is 22.4 Å². The number of fused-ring (bicyclic) bond motifs is 1. The SMILES string of the molecule is CCOC(=O)CCCn1ncc2cc(Br)c(C)cc21. The van der Waals surface area contributed by atoms with Gasteiger partial charge < -0.3 is 4.74 Å². The number of hydrogen-bond donors (Lipinski definition) is 0. The van der Waals surface area contributed by atoms with E-state index in [0.717, 1.165) is 28.3 Å². The second kappa shape index (κ2) is 6.19. The van der Waals surface area contributed by atoms with Gasteiger partial charge in [-0.1, -0.05) is 15.9 Å². The molecule has 19 heavy (non-hydrogen) atoms. The van der Waals surface area contributed by atoms with Crippen LogP contribution in [0, 0.1) is 6.92 Å². The lowest BCUT2D eigenvalue weighted by Crippen LogP contribution is -2.07. The maximum absolute atomic E-state index is 11.3. The highest BCUT2D eigenvalue weighted by Gasteiger charge is 2.07. The normalized spacial score (nSPS) is 10.9. The second-order valence-corrected chi connectivity index (χ2v) is 5.29. The van der Waals surface area contributed by atoms with Gasteiger partial charge in [0.1, 0.15) is 0 Å². The molecule has 0 aliphatic carbocycles. The van der Waals surface area contributed by atoms with E-state index >= 15 is 0 Å². The van der Waals surface area contributed by atoms with Crippen molar-refractivity contribution in [3.63, 3.8) is 0 Å². The van der Waals surface area contributed by atoms with Crippen molar-refractivity contribution in [1.82, 2.24) is 9.78 Å². The predicted octanol–water partition coefficient (Wildman–Crippen LogP) is 3.45. The van der Waals surface area contributed by atoms with Gasteiger partial charge in [0.2, 0.25) is 0 Å². The van der Waals surface area contributed by atoms with Crippen molar-refractivity contribution in [3.05, 3.63) is 28.4 Å². The number of carbonyl (C=O) groups excluding carboxylic acids is 1. The molecule has 0 unspecified atom stereocenters. The summed E-state index contributed by atoms with van der Waals surface area (Å²) in [6.07, 6.45) is 3.03. The van der Waals surface area contributed by atoms with Crippen LogP contribution in [-0.2, 0) is 16.1 Å². The van der Waals surface area contributed by atoms with Gasteiger partial charge in [-0.3, -0.25) is 9.48 Å². The fourth-order valence-electron chi connectivity index (χ4n) is 1.99. The Balaban J connectivity index is 2.05. The molecule has 0 bridgehead atoms. The zero-order valence-corrected chi connectivity index (χ0v) is 12.7. The summed E-state index contributed by atoms with van der Waals surface area (Å²) >= 11 is 3.52. The Morgan fingerprint density at radius 2 is 2.26 bits per heavy atom. The predicted molar refractivity (Wildman–Crippen MR) is 78.0 cm³/mol. The van der Waals surface area contributed by atoms with E-state index in [0.29, 0.717) is 13.0 Å². The molecule has 0 aliphatic rings. The van der Waals surface area contributed by atoms with Gasteiger partial charge in [-0.15, -0.1) is 0 Å². The Kier molecular flexibility index (Phi) is 4.58. The van der Waals surface area contributed by atoms with Crippen LogP contribution in [0.4, 0.5) is 0 Å². The van der Waals surface area contributed by atoms with Gasteiger partial charge in [0.05, 0.1) is 18.3 Å². The van der Waals surface area contributed by atoms with E-state index in [4.69, 9.17) is 4.74 Å². The van der Waals surface area contributed by atoms with Crippen molar-refractivity contribution in [1.29, 1.82) is 0 Å². The molecule has 0 fully saturated rings. The first-order valence-electron chi connectivity index (χ1n) is 6.39. The van der Waals surface area contributed by atoms with E-state index in [9.17, 15) is 4.79 Å². The number of ether oxygens (including phenoxy) is 1. The minimum atomic E-state index is -0.141. The topological polar surface area (TPSA) is 44.1 Å². The molecule has 0 aliphatic heterocycles.